The molecule has 144 valence electrons. The van der Waals surface area contributed by atoms with Crippen LogP contribution in [0.4, 0.5) is 0 Å². The van der Waals surface area contributed by atoms with Gasteiger partial charge in [-0.25, -0.2) is 0 Å². The van der Waals surface area contributed by atoms with Gasteiger partial charge in [0.15, 0.2) is 5.25 Å². The molecule has 0 fully saturated rings. The number of carbonyl (C=O) groups is 1. The Balaban J connectivity index is 3.68. The quantitative estimate of drug-likeness (QED) is 0.227. The Morgan fingerprint density at radius 3 is 1.58 bits per heavy atom. The first-order valence-electron chi connectivity index (χ1n) is 9.36. The molecule has 0 aliphatic carbocycles. The van der Waals surface area contributed by atoms with Gasteiger partial charge in [-0.05, 0) is 6.42 Å². The minimum absolute atomic E-state index is 0.264. The molecule has 0 aromatic rings. The van der Waals surface area contributed by atoms with Gasteiger partial charge in [-0.15, -0.1) is 0 Å². The van der Waals surface area contributed by atoms with Gasteiger partial charge in [-0.1, -0.05) is 84.0 Å². The number of ether oxygens (including phenoxy) is 1. The monoisotopic (exact) mass is 364 g/mol. The van der Waals surface area contributed by atoms with Crippen molar-refractivity contribution in [3.05, 3.63) is 0 Å². The van der Waals surface area contributed by atoms with Crippen LogP contribution in [0.2, 0.25) is 0 Å². The topological polar surface area (TPSA) is 69.7 Å². The highest BCUT2D eigenvalue weighted by Gasteiger charge is 2.33. The predicted octanol–water partition coefficient (Wildman–Crippen LogP) is 4.60. The molecule has 0 aliphatic rings. The van der Waals surface area contributed by atoms with Crippen LogP contribution in [-0.2, 0) is 23.8 Å². The zero-order valence-electron chi connectivity index (χ0n) is 15.7. The van der Waals surface area contributed by atoms with Gasteiger partial charge in [-0.2, -0.15) is 8.42 Å². The largest absolute Gasteiger partial charge is 0.468 e. The second-order valence-electron chi connectivity index (χ2n) is 6.35. The standard InChI is InChI=1S/C18H36O5S/c1-4-5-6-7-8-9-10-11-12-13-14-15-16-17(18(19)22-2)24(20,21)23-3/h17H,4-16H2,1-3H3. The van der Waals surface area contributed by atoms with Crippen molar-refractivity contribution in [2.45, 2.75) is 95.6 Å². The molecule has 0 aromatic carbocycles. The SMILES string of the molecule is CCCCCCCCCCCCCCC(C(=O)OC)S(=O)(=O)OC. The molecular weight excluding hydrogens is 328 g/mol. The highest BCUT2D eigenvalue weighted by atomic mass is 32.2. The summed E-state index contributed by atoms with van der Waals surface area (Å²) in [5.74, 6) is -0.736. The van der Waals surface area contributed by atoms with E-state index in [-0.39, 0.29) is 6.42 Å². The smallest absolute Gasteiger partial charge is 0.326 e. The molecule has 0 rings (SSSR count). The number of hydrogen-bond acceptors (Lipinski definition) is 5. The van der Waals surface area contributed by atoms with E-state index in [1.807, 2.05) is 0 Å². The number of rotatable bonds is 16. The van der Waals surface area contributed by atoms with Gasteiger partial charge in [0.25, 0.3) is 10.1 Å². The first-order valence-corrected chi connectivity index (χ1v) is 10.8. The number of carbonyl (C=O) groups excluding carboxylic acids is 1. The van der Waals surface area contributed by atoms with Gasteiger partial charge in [0, 0.05) is 0 Å². The molecule has 1 unspecified atom stereocenters. The van der Waals surface area contributed by atoms with Crippen molar-refractivity contribution < 1.29 is 22.1 Å². The third-order valence-corrected chi connectivity index (χ3v) is 5.95. The lowest BCUT2D eigenvalue weighted by Gasteiger charge is -2.13. The summed E-state index contributed by atoms with van der Waals surface area (Å²) in [4.78, 5) is 11.6. The molecule has 0 aromatic heterocycles. The molecule has 0 amide bonds. The van der Waals surface area contributed by atoms with E-state index in [9.17, 15) is 13.2 Å². The number of hydrogen-bond donors (Lipinski definition) is 0. The molecule has 24 heavy (non-hydrogen) atoms. The van der Waals surface area contributed by atoms with Gasteiger partial charge in [0.05, 0.1) is 14.2 Å². The number of methoxy groups -OCH3 is 1. The average molecular weight is 365 g/mol. The average Bonchev–Trinajstić information content (AvgIpc) is 2.58. The van der Waals surface area contributed by atoms with Crippen molar-refractivity contribution in [1.82, 2.24) is 0 Å². The van der Waals surface area contributed by atoms with Crippen LogP contribution in [0.15, 0.2) is 0 Å². The molecule has 0 spiro atoms. The molecule has 0 saturated heterocycles. The van der Waals surface area contributed by atoms with E-state index >= 15 is 0 Å². The van der Waals surface area contributed by atoms with Crippen LogP contribution < -0.4 is 0 Å². The van der Waals surface area contributed by atoms with Crippen LogP contribution in [0.5, 0.6) is 0 Å². The Labute approximate surface area is 148 Å². The fourth-order valence-electron chi connectivity index (χ4n) is 2.80. The maximum Gasteiger partial charge on any atom is 0.326 e. The first kappa shape index (κ1) is 23.4. The van der Waals surface area contributed by atoms with E-state index in [0.717, 1.165) is 20.0 Å². The highest BCUT2D eigenvalue weighted by molar-refractivity contribution is 7.88. The molecule has 5 nitrogen and oxygen atoms in total. The zero-order valence-corrected chi connectivity index (χ0v) is 16.5. The van der Waals surface area contributed by atoms with Gasteiger partial charge < -0.3 is 4.74 Å². The molecular formula is C18H36O5S. The summed E-state index contributed by atoms with van der Waals surface area (Å²) in [6.07, 6.45) is 14.7. The Morgan fingerprint density at radius 1 is 0.792 bits per heavy atom. The van der Waals surface area contributed by atoms with Crippen molar-refractivity contribution in [2.24, 2.45) is 0 Å². The predicted molar refractivity (Wildman–Crippen MR) is 97.4 cm³/mol. The lowest BCUT2D eigenvalue weighted by molar-refractivity contribution is -0.140. The summed E-state index contributed by atoms with van der Waals surface area (Å²) in [5, 5.41) is -1.20. The van der Waals surface area contributed by atoms with E-state index in [1.54, 1.807) is 0 Å². The normalized spacial score (nSPS) is 13.0. The Bertz CT molecular complexity index is 406. The van der Waals surface area contributed by atoms with E-state index in [0.29, 0.717) is 6.42 Å². The summed E-state index contributed by atoms with van der Waals surface area (Å²) in [7, 11) is -1.59. The van der Waals surface area contributed by atoms with Crippen molar-refractivity contribution in [3.63, 3.8) is 0 Å². The van der Waals surface area contributed by atoms with Crippen LogP contribution >= 0.6 is 0 Å². The molecule has 6 heteroatoms. The molecule has 0 N–H and O–H groups in total. The second kappa shape index (κ2) is 14.7. The summed E-state index contributed by atoms with van der Waals surface area (Å²) < 4.78 is 32.4. The maximum atomic E-state index is 11.7. The minimum atomic E-state index is -3.86. The summed E-state index contributed by atoms with van der Waals surface area (Å²) in [6.45, 7) is 2.23. The molecule has 0 saturated carbocycles. The molecule has 0 heterocycles. The van der Waals surface area contributed by atoms with E-state index < -0.39 is 21.3 Å². The molecule has 0 bridgehead atoms. The van der Waals surface area contributed by atoms with Crippen molar-refractivity contribution in [2.75, 3.05) is 14.2 Å². The Morgan fingerprint density at radius 2 is 1.21 bits per heavy atom. The maximum absolute atomic E-state index is 11.7. The zero-order chi connectivity index (χ0) is 18.3. The van der Waals surface area contributed by atoms with Gasteiger partial charge in [0.1, 0.15) is 0 Å². The second-order valence-corrected chi connectivity index (χ2v) is 8.24. The van der Waals surface area contributed by atoms with E-state index in [1.165, 1.54) is 64.9 Å². The molecule has 0 aliphatic heterocycles. The minimum Gasteiger partial charge on any atom is -0.468 e. The van der Waals surface area contributed by atoms with Crippen molar-refractivity contribution in [3.8, 4) is 0 Å². The van der Waals surface area contributed by atoms with Crippen LogP contribution in [0.3, 0.4) is 0 Å². The third-order valence-electron chi connectivity index (χ3n) is 4.36. The Kier molecular flexibility index (Phi) is 14.3. The van der Waals surface area contributed by atoms with Gasteiger partial charge >= 0.3 is 5.97 Å². The first-order chi connectivity index (χ1) is 11.5. The van der Waals surface area contributed by atoms with Crippen LogP contribution in [0.25, 0.3) is 0 Å². The summed E-state index contributed by atoms with van der Waals surface area (Å²) in [5.41, 5.74) is 0. The third kappa shape index (κ3) is 11.0. The van der Waals surface area contributed by atoms with Gasteiger partial charge in [0.2, 0.25) is 0 Å². The summed E-state index contributed by atoms with van der Waals surface area (Å²) in [6, 6.07) is 0. The molecule has 1 atom stereocenters. The van der Waals surface area contributed by atoms with E-state index in [2.05, 4.69) is 15.8 Å². The lowest BCUT2D eigenvalue weighted by Crippen LogP contribution is -2.32. The summed E-state index contributed by atoms with van der Waals surface area (Å²) >= 11 is 0. The highest BCUT2D eigenvalue weighted by Crippen LogP contribution is 2.16. The number of unbranched alkanes of at least 4 members (excludes halogenated alkanes) is 11. The van der Waals surface area contributed by atoms with Crippen LogP contribution in [0, 0.1) is 0 Å². The van der Waals surface area contributed by atoms with Crippen LogP contribution in [-0.4, -0.2) is 33.9 Å². The fourth-order valence-corrected chi connectivity index (χ4v) is 3.82. The van der Waals surface area contributed by atoms with E-state index in [4.69, 9.17) is 0 Å². The Hall–Kier alpha value is -0.620. The number of esters is 1. The molecule has 0 radical (unpaired) electrons. The van der Waals surface area contributed by atoms with Crippen LogP contribution in [0.1, 0.15) is 90.4 Å². The van der Waals surface area contributed by atoms with Crippen molar-refractivity contribution >= 4 is 16.1 Å². The van der Waals surface area contributed by atoms with Gasteiger partial charge in [-0.3, -0.25) is 8.98 Å². The fraction of sp³-hybridized carbons (Fsp3) is 0.944. The lowest BCUT2D eigenvalue weighted by atomic mass is 10.0. The van der Waals surface area contributed by atoms with Crippen molar-refractivity contribution in [1.29, 1.82) is 0 Å².